The van der Waals surface area contributed by atoms with Crippen molar-refractivity contribution in [2.45, 2.75) is 25.9 Å². The molecule has 0 aliphatic rings. The van der Waals surface area contributed by atoms with Crippen LogP contribution in [0.4, 0.5) is 5.69 Å². The fourth-order valence-electron chi connectivity index (χ4n) is 4.10. The van der Waals surface area contributed by atoms with Crippen molar-refractivity contribution in [3.63, 3.8) is 0 Å². The summed E-state index contributed by atoms with van der Waals surface area (Å²) >= 11 is 1.28. The largest absolute Gasteiger partial charge is 0.325 e. The Labute approximate surface area is 200 Å². The molecule has 0 atom stereocenters. The average Bonchev–Trinajstić information content (AvgIpc) is 3.23. The molecule has 3 aromatic carbocycles. The molecule has 7 nitrogen and oxygen atoms in total. The van der Waals surface area contributed by atoms with E-state index in [1.165, 1.54) is 11.8 Å². The van der Waals surface area contributed by atoms with Crippen LogP contribution in [0.3, 0.4) is 0 Å². The maximum atomic E-state index is 13.5. The van der Waals surface area contributed by atoms with Crippen LogP contribution in [0.1, 0.15) is 16.7 Å². The summed E-state index contributed by atoms with van der Waals surface area (Å²) < 4.78 is 3.45. The number of hydrogen-bond acceptors (Lipinski definition) is 5. The molecule has 5 aromatic rings. The van der Waals surface area contributed by atoms with Crippen molar-refractivity contribution < 1.29 is 4.79 Å². The Kier molecular flexibility index (Phi) is 5.67. The van der Waals surface area contributed by atoms with Gasteiger partial charge in [0.25, 0.3) is 5.56 Å². The van der Waals surface area contributed by atoms with Gasteiger partial charge in [-0.05, 0) is 62.2 Å². The Hall–Kier alpha value is -3.91. The summed E-state index contributed by atoms with van der Waals surface area (Å²) in [6.07, 6.45) is 0. The van der Waals surface area contributed by atoms with Crippen molar-refractivity contribution in [3.8, 4) is 5.69 Å². The zero-order chi connectivity index (χ0) is 23.8. The molecule has 0 radical (unpaired) electrons. The third-order valence-electron chi connectivity index (χ3n) is 5.62. The zero-order valence-electron chi connectivity index (χ0n) is 19.1. The third kappa shape index (κ3) is 3.97. The number of thioether (sulfide) groups is 1. The molecule has 0 saturated heterocycles. The van der Waals surface area contributed by atoms with Crippen LogP contribution < -0.4 is 10.9 Å². The monoisotopic (exact) mass is 469 g/mol. The number of para-hydroxylation sites is 1. The molecule has 1 N–H and O–H groups in total. The van der Waals surface area contributed by atoms with Gasteiger partial charge in [-0.2, -0.15) is 0 Å². The van der Waals surface area contributed by atoms with Crippen molar-refractivity contribution in [2.24, 2.45) is 0 Å². The highest BCUT2D eigenvalue weighted by Crippen LogP contribution is 2.25. The number of rotatable bonds is 5. The van der Waals surface area contributed by atoms with E-state index in [-0.39, 0.29) is 17.2 Å². The first-order valence-corrected chi connectivity index (χ1v) is 11.9. The quantitative estimate of drug-likeness (QED) is 0.378. The number of aromatic nitrogens is 4. The number of nitrogens with one attached hydrogen (secondary N) is 1. The minimum atomic E-state index is -0.156. The number of fused-ring (bicyclic) bond motifs is 3. The van der Waals surface area contributed by atoms with Gasteiger partial charge >= 0.3 is 0 Å². The lowest BCUT2D eigenvalue weighted by molar-refractivity contribution is -0.113. The van der Waals surface area contributed by atoms with Crippen LogP contribution in [0.25, 0.3) is 22.4 Å². The lowest BCUT2D eigenvalue weighted by Crippen LogP contribution is -2.22. The smallest absolute Gasteiger partial charge is 0.267 e. The van der Waals surface area contributed by atoms with Gasteiger partial charge in [0, 0.05) is 5.69 Å². The number of anilines is 1. The first kappa shape index (κ1) is 21.9. The van der Waals surface area contributed by atoms with E-state index in [4.69, 9.17) is 0 Å². The number of hydrogen-bond donors (Lipinski definition) is 1. The highest BCUT2D eigenvalue weighted by Gasteiger charge is 2.19. The molecular formula is C26H23N5O2S. The van der Waals surface area contributed by atoms with Gasteiger partial charge in [-0.1, -0.05) is 53.7 Å². The predicted octanol–water partition coefficient (Wildman–Crippen LogP) is 4.69. The molecule has 170 valence electrons. The predicted molar refractivity (Wildman–Crippen MR) is 136 cm³/mol. The lowest BCUT2D eigenvalue weighted by atomic mass is 10.1. The minimum absolute atomic E-state index is 0.139. The average molecular weight is 470 g/mol. The highest BCUT2D eigenvalue weighted by molar-refractivity contribution is 7.99. The summed E-state index contributed by atoms with van der Waals surface area (Å²) in [6, 6.07) is 21.0. The van der Waals surface area contributed by atoms with Gasteiger partial charge < -0.3 is 5.32 Å². The van der Waals surface area contributed by atoms with E-state index >= 15 is 0 Å². The van der Waals surface area contributed by atoms with E-state index in [1.807, 2.05) is 85.8 Å². The van der Waals surface area contributed by atoms with Crippen molar-refractivity contribution >= 4 is 40.0 Å². The number of amides is 1. The maximum Gasteiger partial charge on any atom is 0.267 e. The van der Waals surface area contributed by atoms with Gasteiger partial charge in [0.1, 0.15) is 0 Å². The van der Waals surface area contributed by atoms with E-state index in [2.05, 4.69) is 15.5 Å². The summed E-state index contributed by atoms with van der Waals surface area (Å²) in [7, 11) is 0. The van der Waals surface area contributed by atoms with Crippen LogP contribution in [-0.2, 0) is 4.79 Å². The van der Waals surface area contributed by atoms with Gasteiger partial charge in [0.2, 0.25) is 11.7 Å². The van der Waals surface area contributed by atoms with E-state index in [0.717, 1.165) is 28.1 Å². The Bertz CT molecular complexity index is 1620. The molecule has 0 spiro atoms. The Morgan fingerprint density at radius 2 is 1.74 bits per heavy atom. The minimum Gasteiger partial charge on any atom is -0.325 e. The van der Waals surface area contributed by atoms with Crippen molar-refractivity contribution in [3.05, 3.63) is 93.8 Å². The summed E-state index contributed by atoms with van der Waals surface area (Å²) in [6.45, 7) is 5.97. The second-order valence-electron chi connectivity index (χ2n) is 8.27. The topological polar surface area (TPSA) is 81.3 Å². The molecule has 0 unspecified atom stereocenters. The molecular weight excluding hydrogens is 446 g/mol. The van der Waals surface area contributed by atoms with Crippen molar-refractivity contribution in [1.82, 2.24) is 19.2 Å². The van der Waals surface area contributed by atoms with E-state index < -0.39 is 0 Å². The number of benzene rings is 3. The first-order chi connectivity index (χ1) is 16.4. The SMILES string of the molecule is Cc1cccc(NC(=O)CSc2nnc3n(-c4ccc(C)cc4C)c(=O)c4ccccc4n23)c1. The lowest BCUT2D eigenvalue weighted by Gasteiger charge is -2.13. The standard InChI is InChI=1S/C26H23N5O2S/c1-16-7-6-8-19(14-16)27-23(32)15-34-26-29-28-25-30(21-12-11-17(2)13-18(21)3)24(33)20-9-4-5-10-22(20)31(25)26/h4-14H,15H2,1-3H3,(H,27,32). The molecule has 0 bridgehead atoms. The third-order valence-corrected chi connectivity index (χ3v) is 6.55. The maximum absolute atomic E-state index is 13.5. The molecule has 5 rings (SSSR count). The van der Waals surface area contributed by atoms with Crippen LogP contribution in [0.2, 0.25) is 0 Å². The summed E-state index contributed by atoms with van der Waals surface area (Å²) in [4.78, 5) is 26.1. The van der Waals surface area contributed by atoms with Gasteiger partial charge in [-0.15, -0.1) is 10.2 Å². The molecule has 8 heteroatoms. The number of carbonyl (C=O) groups is 1. The van der Waals surface area contributed by atoms with Crippen molar-refractivity contribution in [1.29, 1.82) is 0 Å². The van der Waals surface area contributed by atoms with Gasteiger partial charge in [-0.25, -0.2) is 4.57 Å². The Morgan fingerprint density at radius 1 is 0.941 bits per heavy atom. The van der Waals surface area contributed by atoms with Gasteiger partial charge in [-0.3, -0.25) is 14.0 Å². The molecule has 0 aliphatic carbocycles. The molecule has 2 aromatic heterocycles. The van der Waals surface area contributed by atoms with E-state index in [9.17, 15) is 9.59 Å². The van der Waals surface area contributed by atoms with Gasteiger partial charge in [0.05, 0.1) is 22.3 Å². The summed E-state index contributed by atoms with van der Waals surface area (Å²) in [5.74, 6) is 0.433. The fourth-order valence-corrected chi connectivity index (χ4v) is 4.84. The molecule has 0 aliphatic heterocycles. The van der Waals surface area contributed by atoms with Crippen LogP contribution in [-0.4, -0.2) is 30.8 Å². The molecule has 0 fully saturated rings. The van der Waals surface area contributed by atoms with Gasteiger partial charge in [0.15, 0.2) is 5.16 Å². The molecule has 1 amide bonds. The number of nitrogens with zero attached hydrogens (tertiary/aromatic N) is 4. The van der Waals surface area contributed by atoms with E-state index in [0.29, 0.717) is 21.8 Å². The second kappa shape index (κ2) is 8.79. The molecule has 2 heterocycles. The first-order valence-electron chi connectivity index (χ1n) is 10.9. The van der Waals surface area contributed by atoms with Crippen LogP contribution in [0, 0.1) is 20.8 Å². The van der Waals surface area contributed by atoms with Crippen LogP contribution in [0.5, 0.6) is 0 Å². The number of aryl methyl sites for hydroxylation is 3. The summed E-state index contributed by atoms with van der Waals surface area (Å²) in [5.41, 5.74) is 5.21. The highest BCUT2D eigenvalue weighted by atomic mass is 32.2. The zero-order valence-corrected chi connectivity index (χ0v) is 19.9. The molecule has 34 heavy (non-hydrogen) atoms. The second-order valence-corrected chi connectivity index (χ2v) is 9.21. The van der Waals surface area contributed by atoms with Crippen molar-refractivity contribution in [2.75, 3.05) is 11.1 Å². The fraction of sp³-hybridized carbons (Fsp3) is 0.154. The van der Waals surface area contributed by atoms with Crippen LogP contribution >= 0.6 is 11.8 Å². The Balaban J connectivity index is 1.57. The van der Waals surface area contributed by atoms with E-state index in [1.54, 1.807) is 10.6 Å². The summed E-state index contributed by atoms with van der Waals surface area (Å²) in [5, 5.41) is 12.7. The van der Waals surface area contributed by atoms with Crippen LogP contribution in [0.15, 0.2) is 76.7 Å². The Morgan fingerprint density at radius 3 is 2.53 bits per heavy atom. The number of carbonyl (C=O) groups excluding carboxylic acids is 1. The molecule has 0 saturated carbocycles. The normalized spacial score (nSPS) is 11.3.